The van der Waals surface area contributed by atoms with E-state index in [0.29, 0.717) is 11.7 Å². The number of aromatic amines is 1. The molecular weight excluding hydrogens is 240 g/mol. The third-order valence-corrected chi connectivity index (χ3v) is 4.27. The van der Waals surface area contributed by atoms with Crippen LogP contribution in [0.2, 0.25) is 0 Å². The summed E-state index contributed by atoms with van der Waals surface area (Å²) in [7, 11) is 0. The van der Waals surface area contributed by atoms with Crippen LogP contribution in [0.3, 0.4) is 0 Å². The summed E-state index contributed by atoms with van der Waals surface area (Å²) in [6, 6.07) is 0.651. The van der Waals surface area contributed by atoms with E-state index in [0.717, 1.165) is 43.6 Å². The van der Waals surface area contributed by atoms with E-state index in [4.69, 9.17) is 0 Å². The van der Waals surface area contributed by atoms with Gasteiger partial charge in [-0.25, -0.2) is 0 Å². The Morgan fingerprint density at radius 2 is 2.21 bits per heavy atom. The molecule has 19 heavy (non-hydrogen) atoms. The molecule has 0 saturated heterocycles. The number of aromatic nitrogens is 2. The molecule has 1 saturated carbocycles. The first kappa shape index (κ1) is 12.7. The van der Waals surface area contributed by atoms with E-state index in [9.17, 15) is 4.79 Å². The van der Waals surface area contributed by atoms with Crippen LogP contribution < -0.4 is 5.32 Å². The van der Waals surface area contributed by atoms with Crippen LogP contribution in [0.15, 0.2) is 0 Å². The molecule has 0 radical (unpaired) electrons. The number of carbonyl (C=O) groups is 1. The third-order valence-electron chi connectivity index (χ3n) is 4.27. The maximum atomic E-state index is 12.8. The lowest BCUT2D eigenvalue weighted by Gasteiger charge is -2.40. The van der Waals surface area contributed by atoms with Crippen molar-refractivity contribution in [3.05, 3.63) is 17.0 Å². The Morgan fingerprint density at radius 3 is 2.84 bits per heavy atom. The summed E-state index contributed by atoms with van der Waals surface area (Å²) < 4.78 is 0. The van der Waals surface area contributed by atoms with Crippen LogP contribution in [0.1, 0.15) is 54.9 Å². The zero-order chi connectivity index (χ0) is 13.4. The molecule has 1 fully saturated rings. The summed E-state index contributed by atoms with van der Waals surface area (Å²) in [6.45, 7) is 5.89. The summed E-state index contributed by atoms with van der Waals surface area (Å²) in [4.78, 5) is 14.8. The number of hydrogen-bond acceptors (Lipinski definition) is 3. The minimum absolute atomic E-state index is 0.0981. The lowest BCUT2D eigenvalue weighted by molar-refractivity contribution is 0.0481. The van der Waals surface area contributed by atoms with Gasteiger partial charge in [-0.2, -0.15) is 5.10 Å². The number of nitrogens with one attached hydrogen (secondary N) is 2. The molecule has 0 atom stereocenters. The monoisotopic (exact) mass is 262 g/mol. The van der Waals surface area contributed by atoms with Gasteiger partial charge in [-0.15, -0.1) is 0 Å². The minimum atomic E-state index is 0.0981. The Hall–Kier alpha value is -1.36. The Kier molecular flexibility index (Phi) is 3.31. The molecule has 3 rings (SSSR count). The summed E-state index contributed by atoms with van der Waals surface area (Å²) >= 11 is 0. The predicted octanol–water partition coefficient (Wildman–Crippen LogP) is 1.46. The van der Waals surface area contributed by atoms with Crippen molar-refractivity contribution in [3.63, 3.8) is 0 Å². The van der Waals surface area contributed by atoms with Crippen LogP contribution in [0.4, 0.5) is 0 Å². The Bertz CT molecular complexity index is 476. The van der Waals surface area contributed by atoms with Crippen LogP contribution in [-0.2, 0) is 13.0 Å². The molecule has 0 spiro atoms. The first-order valence-corrected chi connectivity index (χ1v) is 7.28. The number of amides is 1. The van der Waals surface area contributed by atoms with Gasteiger partial charge in [0.05, 0.1) is 0 Å². The number of fused-ring (bicyclic) bond motifs is 1. The molecule has 1 amide bonds. The fourth-order valence-corrected chi connectivity index (χ4v) is 3.01. The lowest BCUT2D eigenvalue weighted by Crippen LogP contribution is -2.48. The molecule has 1 aliphatic heterocycles. The molecular formula is C14H22N4O. The second-order valence-corrected chi connectivity index (χ2v) is 5.85. The maximum Gasteiger partial charge on any atom is 0.275 e. The fraction of sp³-hybridized carbons (Fsp3) is 0.714. The Morgan fingerprint density at radius 1 is 1.42 bits per heavy atom. The van der Waals surface area contributed by atoms with Crippen LogP contribution in [0.25, 0.3) is 0 Å². The highest BCUT2D eigenvalue weighted by Crippen LogP contribution is 2.29. The molecule has 1 aromatic heterocycles. The highest BCUT2D eigenvalue weighted by Gasteiger charge is 2.34. The number of nitrogens with zero attached hydrogens (tertiary/aromatic N) is 2. The summed E-state index contributed by atoms with van der Waals surface area (Å²) in [5.41, 5.74) is 2.82. The smallest absolute Gasteiger partial charge is 0.275 e. The van der Waals surface area contributed by atoms with Crippen molar-refractivity contribution in [1.29, 1.82) is 0 Å². The van der Waals surface area contributed by atoms with E-state index in [1.807, 2.05) is 4.90 Å². The molecule has 0 aromatic carbocycles. The average Bonchev–Trinajstić information content (AvgIpc) is 2.76. The molecule has 0 unspecified atom stereocenters. The van der Waals surface area contributed by atoms with Crippen LogP contribution in [0, 0.1) is 0 Å². The number of carbonyl (C=O) groups excluding carboxylic acids is 1. The van der Waals surface area contributed by atoms with Crippen molar-refractivity contribution >= 4 is 5.91 Å². The zero-order valence-corrected chi connectivity index (χ0v) is 11.7. The van der Waals surface area contributed by atoms with Gasteiger partial charge in [-0.1, -0.05) is 0 Å². The van der Waals surface area contributed by atoms with Crippen molar-refractivity contribution in [2.24, 2.45) is 0 Å². The molecule has 0 bridgehead atoms. The largest absolute Gasteiger partial charge is 0.332 e. The Labute approximate surface area is 113 Å². The van der Waals surface area contributed by atoms with Crippen LogP contribution >= 0.6 is 0 Å². The van der Waals surface area contributed by atoms with E-state index in [2.05, 4.69) is 29.4 Å². The quantitative estimate of drug-likeness (QED) is 0.867. The van der Waals surface area contributed by atoms with Gasteiger partial charge in [0.25, 0.3) is 5.91 Å². The van der Waals surface area contributed by atoms with E-state index in [1.54, 1.807) is 0 Å². The van der Waals surface area contributed by atoms with E-state index >= 15 is 0 Å². The second kappa shape index (κ2) is 4.96. The highest BCUT2D eigenvalue weighted by molar-refractivity contribution is 5.94. The van der Waals surface area contributed by atoms with E-state index in [-0.39, 0.29) is 11.9 Å². The first-order valence-electron chi connectivity index (χ1n) is 7.28. The van der Waals surface area contributed by atoms with E-state index in [1.165, 1.54) is 6.42 Å². The highest BCUT2D eigenvalue weighted by atomic mass is 16.2. The van der Waals surface area contributed by atoms with Gasteiger partial charge in [-0.3, -0.25) is 9.89 Å². The number of hydrogen-bond donors (Lipinski definition) is 2. The van der Waals surface area contributed by atoms with Crippen LogP contribution in [-0.4, -0.2) is 39.6 Å². The van der Waals surface area contributed by atoms with Gasteiger partial charge >= 0.3 is 0 Å². The molecule has 1 aliphatic carbocycles. The van der Waals surface area contributed by atoms with Gasteiger partial charge in [0.2, 0.25) is 0 Å². The molecule has 2 heterocycles. The zero-order valence-electron chi connectivity index (χ0n) is 11.7. The third kappa shape index (κ3) is 2.16. The predicted molar refractivity (Wildman–Crippen MR) is 72.9 cm³/mol. The van der Waals surface area contributed by atoms with Crippen molar-refractivity contribution in [2.75, 3.05) is 6.54 Å². The van der Waals surface area contributed by atoms with Crippen molar-refractivity contribution < 1.29 is 4.79 Å². The molecule has 5 nitrogen and oxygen atoms in total. The fourth-order valence-electron chi connectivity index (χ4n) is 3.01. The molecule has 1 aromatic rings. The standard InChI is InChI=1S/C14H22N4O/c1-9(2)18(10-4-3-5-10)14(19)13-11-8-15-7-6-12(11)16-17-13/h9-10,15H,3-8H2,1-2H3,(H,16,17). The van der Waals surface area contributed by atoms with Crippen molar-refractivity contribution in [2.45, 2.75) is 58.2 Å². The van der Waals surface area contributed by atoms with Crippen molar-refractivity contribution in [1.82, 2.24) is 20.4 Å². The topological polar surface area (TPSA) is 61.0 Å². The molecule has 2 aliphatic rings. The van der Waals surface area contributed by atoms with Gasteiger partial charge in [0.1, 0.15) is 0 Å². The SMILES string of the molecule is CC(C)N(C(=O)c1n[nH]c2c1CNCC2)C1CCC1. The van der Waals surface area contributed by atoms with Crippen LogP contribution in [0.5, 0.6) is 0 Å². The van der Waals surface area contributed by atoms with E-state index < -0.39 is 0 Å². The minimum Gasteiger partial charge on any atom is -0.332 e. The average molecular weight is 262 g/mol. The normalized spacial score (nSPS) is 19.1. The second-order valence-electron chi connectivity index (χ2n) is 5.85. The summed E-state index contributed by atoms with van der Waals surface area (Å²) in [6.07, 6.45) is 4.44. The lowest BCUT2D eigenvalue weighted by atomic mass is 9.90. The van der Waals surface area contributed by atoms with Gasteiger partial charge in [-0.05, 0) is 33.1 Å². The summed E-state index contributed by atoms with van der Waals surface area (Å²) in [5.74, 6) is 0.0981. The Balaban J connectivity index is 1.87. The molecule has 104 valence electrons. The summed E-state index contributed by atoms with van der Waals surface area (Å²) in [5, 5.41) is 10.6. The van der Waals surface area contributed by atoms with Gasteiger partial charge in [0, 0.05) is 42.9 Å². The molecule has 2 N–H and O–H groups in total. The maximum absolute atomic E-state index is 12.8. The van der Waals surface area contributed by atoms with Gasteiger partial charge < -0.3 is 10.2 Å². The number of H-pyrrole nitrogens is 1. The first-order chi connectivity index (χ1) is 9.18. The van der Waals surface area contributed by atoms with Gasteiger partial charge in [0.15, 0.2) is 5.69 Å². The number of rotatable bonds is 3. The molecule has 5 heteroatoms. The van der Waals surface area contributed by atoms with Crippen molar-refractivity contribution in [3.8, 4) is 0 Å².